The summed E-state index contributed by atoms with van der Waals surface area (Å²) < 4.78 is 3.27. The van der Waals surface area contributed by atoms with Gasteiger partial charge >= 0.3 is 0 Å². The van der Waals surface area contributed by atoms with Crippen molar-refractivity contribution in [2.75, 3.05) is 12.4 Å². The Kier molecular flexibility index (Phi) is 7.56. The molecule has 0 fully saturated rings. The van der Waals surface area contributed by atoms with Crippen molar-refractivity contribution in [1.29, 1.82) is 0 Å². The molecule has 0 heterocycles. The van der Waals surface area contributed by atoms with Gasteiger partial charge in [-0.15, -0.1) is 0 Å². The second-order valence-electron chi connectivity index (χ2n) is 5.59. The Balaban J connectivity index is 2.06. The number of carbonyl (C=O) groups is 1. The monoisotopic (exact) mass is 445 g/mol. The highest BCUT2D eigenvalue weighted by Gasteiger charge is 2.35. The van der Waals surface area contributed by atoms with Gasteiger partial charge in [-0.2, -0.15) is 0 Å². The average molecular weight is 447 g/mol. The van der Waals surface area contributed by atoms with Crippen LogP contribution in [0.1, 0.15) is 15.9 Å². The van der Waals surface area contributed by atoms with Gasteiger partial charge in [0.25, 0.3) is 5.91 Å². The van der Waals surface area contributed by atoms with Crippen LogP contribution in [0.2, 0.25) is 0 Å². The minimum absolute atomic E-state index is 0.182. The molecular formula is C18H18Cl3N3O2S. The quantitative estimate of drug-likeness (QED) is 0.361. The molecule has 27 heavy (non-hydrogen) atoms. The Hall–Kier alpha value is -1.73. The molecule has 0 aliphatic heterocycles. The highest BCUT2D eigenvalue weighted by Crippen LogP contribution is 2.29. The van der Waals surface area contributed by atoms with Crippen LogP contribution in [0, 0.1) is 6.92 Å². The molecule has 1 unspecified atom stereocenters. The van der Waals surface area contributed by atoms with E-state index in [4.69, 9.17) is 51.8 Å². The van der Waals surface area contributed by atoms with Crippen molar-refractivity contribution in [3.8, 4) is 5.75 Å². The predicted octanol–water partition coefficient (Wildman–Crippen LogP) is 4.42. The standard InChI is InChI=1S/C18H18Cl3N3O2S/c1-11-5-3-4-6-14(11)15(25)23-16(18(19,20)21)24-17(27)22-12-7-9-13(26-2)10-8-12/h3-10,16H,1-2H3,(H,23,25)(H2,22,24,27). The van der Waals surface area contributed by atoms with E-state index >= 15 is 0 Å². The zero-order valence-corrected chi connectivity index (χ0v) is 17.6. The molecular weight excluding hydrogens is 429 g/mol. The first-order valence-corrected chi connectivity index (χ1v) is 9.39. The van der Waals surface area contributed by atoms with Crippen LogP contribution in [0.15, 0.2) is 48.5 Å². The number of aryl methyl sites for hydroxylation is 1. The highest BCUT2D eigenvalue weighted by molar-refractivity contribution is 7.80. The molecule has 2 aromatic carbocycles. The number of thiocarbonyl (C=S) groups is 1. The third-order valence-corrected chi connectivity index (χ3v) is 4.49. The molecule has 2 rings (SSSR count). The van der Waals surface area contributed by atoms with Gasteiger partial charge in [-0.1, -0.05) is 53.0 Å². The number of amides is 1. The Morgan fingerprint density at radius 1 is 1.07 bits per heavy atom. The maximum atomic E-state index is 12.5. The Morgan fingerprint density at radius 3 is 2.26 bits per heavy atom. The van der Waals surface area contributed by atoms with Gasteiger partial charge in [0.2, 0.25) is 3.79 Å². The number of hydrogen-bond donors (Lipinski definition) is 3. The first kappa shape index (κ1) is 21.6. The van der Waals surface area contributed by atoms with E-state index in [9.17, 15) is 4.79 Å². The first-order chi connectivity index (χ1) is 12.7. The fraction of sp³-hybridized carbons (Fsp3) is 0.222. The summed E-state index contributed by atoms with van der Waals surface area (Å²) in [6, 6.07) is 14.2. The second kappa shape index (κ2) is 9.46. The smallest absolute Gasteiger partial charge is 0.253 e. The van der Waals surface area contributed by atoms with Gasteiger partial charge in [0, 0.05) is 11.3 Å². The van der Waals surface area contributed by atoms with Crippen LogP contribution < -0.4 is 20.7 Å². The van der Waals surface area contributed by atoms with Gasteiger partial charge < -0.3 is 20.7 Å². The Bertz CT molecular complexity index is 810. The van der Waals surface area contributed by atoms with Crippen molar-refractivity contribution in [2.45, 2.75) is 16.9 Å². The molecule has 5 nitrogen and oxygen atoms in total. The SMILES string of the molecule is COc1ccc(NC(=S)NC(NC(=O)c2ccccc2C)C(Cl)(Cl)Cl)cc1. The molecule has 1 atom stereocenters. The lowest BCUT2D eigenvalue weighted by Crippen LogP contribution is -2.56. The molecule has 0 radical (unpaired) electrons. The average Bonchev–Trinajstić information content (AvgIpc) is 2.61. The number of halogens is 3. The van der Waals surface area contributed by atoms with E-state index in [0.717, 1.165) is 5.56 Å². The number of alkyl halides is 3. The summed E-state index contributed by atoms with van der Waals surface area (Å²) in [5, 5.41) is 8.61. The van der Waals surface area contributed by atoms with Crippen LogP contribution in [0.25, 0.3) is 0 Å². The van der Waals surface area contributed by atoms with E-state index in [0.29, 0.717) is 17.0 Å². The molecule has 2 aromatic rings. The summed E-state index contributed by atoms with van der Waals surface area (Å²) in [6.07, 6.45) is -1.05. The first-order valence-electron chi connectivity index (χ1n) is 7.85. The second-order valence-corrected chi connectivity index (χ2v) is 8.37. The summed E-state index contributed by atoms with van der Waals surface area (Å²) in [4.78, 5) is 12.5. The molecule has 0 saturated carbocycles. The number of methoxy groups -OCH3 is 1. The minimum atomic E-state index is -1.83. The normalized spacial score (nSPS) is 12.0. The fourth-order valence-corrected chi connectivity index (χ4v) is 2.77. The van der Waals surface area contributed by atoms with Gasteiger partial charge in [-0.25, -0.2) is 0 Å². The zero-order chi connectivity index (χ0) is 20.0. The Morgan fingerprint density at radius 2 is 1.70 bits per heavy atom. The molecule has 0 aliphatic carbocycles. The number of anilines is 1. The number of hydrogen-bond acceptors (Lipinski definition) is 3. The number of ether oxygens (including phenoxy) is 1. The predicted molar refractivity (Wildman–Crippen MR) is 115 cm³/mol. The van der Waals surface area contributed by atoms with Crippen molar-refractivity contribution in [2.24, 2.45) is 0 Å². The van der Waals surface area contributed by atoms with Crippen LogP contribution in [0.3, 0.4) is 0 Å². The van der Waals surface area contributed by atoms with Crippen LogP contribution in [-0.4, -0.2) is 28.1 Å². The van der Waals surface area contributed by atoms with Crippen LogP contribution in [-0.2, 0) is 0 Å². The molecule has 1 amide bonds. The van der Waals surface area contributed by atoms with E-state index in [1.165, 1.54) is 0 Å². The van der Waals surface area contributed by atoms with Crippen LogP contribution in [0.5, 0.6) is 5.75 Å². The number of nitrogens with one attached hydrogen (secondary N) is 3. The Labute approximate surface area is 178 Å². The van der Waals surface area contributed by atoms with E-state index < -0.39 is 9.96 Å². The summed E-state index contributed by atoms with van der Waals surface area (Å²) in [7, 11) is 1.58. The van der Waals surface area contributed by atoms with Gasteiger partial charge in [-0.05, 0) is 55.0 Å². The van der Waals surface area contributed by atoms with Gasteiger partial charge in [0.1, 0.15) is 11.9 Å². The molecule has 144 valence electrons. The van der Waals surface area contributed by atoms with E-state index in [-0.39, 0.29) is 11.0 Å². The van der Waals surface area contributed by atoms with Gasteiger partial charge in [-0.3, -0.25) is 4.79 Å². The molecule has 9 heteroatoms. The van der Waals surface area contributed by atoms with Crippen molar-refractivity contribution < 1.29 is 9.53 Å². The third-order valence-electron chi connectivity index (χ3n) is 3.62. The van der Waals surface area contributed by atoms with Gasteiger partial charge in [0.05, 0.1) is 7.11 Å². The summed E-state index contributed by atoms with van der Waals surface area (Å²) in [6.45, 7) is 1.82. The molecule has 0 aliphatic rings. The van der Waals surface area contributed by atoms with Gasteiger partial charge in [0.15, 0.2) is 5.11 Å². The fourth-order valence-electron chi connectivity index (χ4n) is 2.21. The molecule has 3 N–H and O–H groups in total. The summed E-state index contributed by atoms with van der Waals surface area (Å²) >= 11 is 23.3. The number of carbonyl (C=O) groups excluding carboxylic acids is 1. The van der Waals surface area contributed by atoms with E-state index in [2.05, 4.69) is 16.0 Å². The lowest BCUT2D eigenvalue weighted by atomic mass is 10.1. The van der Waals surface area contributed by atoms with Crippen molar-refractivity contribution >= 4 is 63.7 Å². The van der Waals surface area contributed by atoms with Crippen molar-refractivity contribution in [1.82, 2.24) is 10.6 Å². The summed E-state index contributed by atoms with van der Waals surface area (Å²) in [5.74, 6) is 0.327. The largest absolute Gasteiger partial charge is 0.497 e. The van der Waals surface area contributed by atoms with Crippen molar-refractivity contribution in [3.63, 3.8) is 0 Å². The maximum absolute atomic E-state index is 12.5. The lowest BCUT2D eigenvalue weighted by Gasteiger charge is -2.28. The lowest BCUT2D eigenvalue weighted by molar-refractivity contribution is 0.0934. The van der Waals surface area contributed by atoms with E-state index in [1.54, 1.807) is 43.5 Å². The zero-order valence-electron chi connectivity index (χ0n) is 14.6. The number of rotatable bonds is 5. The van der Waals surface area contributed by atoms with Crippen molar-refractivity contribution in [3.05, 3.63) is 59.7 Å². The molecule has 0 bridgehead atoms. The molecule has 0 saturated heterocycles. The van der Waals surface area contributed by atoms with Crippen LogP contribution in [0.4, 0.5) is 5.69 Å². The molecule has 0 aromatic heterocycles. The third kappa shape index (κ3) is 6.43. The number of benzene rings is 2. The summed E-state index contributed by atoms with van der Waals surface area (Å²) in [5.41, 5.74) is 1.99. The van der Waals surface area contributed by atoms with E-state index in [1.807, 2.05) is 19.1 Å². The maximum Gasteiger partial charge on any atom is 0.253 e. The molecule has 0 spiro atoms. The topological polar surface area (TPSA) is 62.4 Å². The minimum Gasteiger partial charge on any atom is -0.497 e. The highest BCUT2D eigenvalue weighted by atomic mass is 35.6. The van der Waals surface area contributed by atoms with Crippen LogP contribution >= 0.6 is 47.0 Å².